The molecule has 0 bridgehead atoms. The molecular weight excluding hydrogens is 296 g/mol. The van der Waals surface area contributed by atoms with Crippen molar-refractivity contribution < 1.29 is 5.11 Å². The number of aromatic amines is 1. The molecule has 2 N–H and O–H groups in total. The molecule has 0 radical (unpaired) electrons. The van der Waals surface area contributed by atoms with Crippen LogP contribution >= 0.6 is 11.3 Å². The van der Waals surface area contributed by atoms with Crippen LogP contribution in [0.15, 0.2) is 36.7 Å². The van der Waals surface area contributed by atoms with Gasteiger partial charge in [-0.05, 0) is 30.9 Å². The molecule has 1 saturated heterocycles. The molecule has 1 fully saturated rings. The van der Waals surface area contributed by atoms with E-state index in [1.165, 1.54) is 4.70 Å². The van der Waals surface area contributed by atoms with Crippen molar-refractivity contribution in [3.63, 3.8) is 0 Å². The summed E-state index contributed by atoms with van der Waals surface area (Å²) >= 11 is 1.74. The average molecular weight is 314 g/mol. The maximum absolute atomic E-state index is 10.4. The van der Waals surface area contributed by atoms with Crippen LogP contribution < -0.4 is 4.90 Å². The Kier molecular flexibility index (Phi) is 3.56. The van der Waals surface area contributed by atoms with E-state index in [0.717, 1.165) is 36.6 Å². The first-order chi connectivity index (χ1) is 10.8. The van der Waals surface area contributed by atoms with E-state index in [9.17, 15) is 5.11 Å². The third kappa shape index (κ3) is 2.48. The lowest BCUT2D eigenvalue weighted by molar-refractivity contribution is 0.0857. The second-order valence-corrected chi connectivity index (χ2v) is 6.72. The normalized spacial score (nSPS) is 18.0. The summed E-state index contributed by atoms with van der Waals surface area (Å²) in [7, 11) is 0. The van der Waals surface area contributed by atoms with E-state index in [-0.39, 0.29) is 5.92 Å². The maximum atomic E-state index is 10.4. The Morgan fingerprint density at radius 3 is 2.82 bits per heavy atom. The topological polar surface area (TPSA) is 65.0 Å². The van der Waals surface area contributed by atoms with E-state index < -0.39 is 6.10 Å². The van der Waals surface area contributed by atoms with Crippen molar-refractivity contribution in [2.75, 3.05) is 18.0 Å². The first kappa shape index (κ1) is 13.7. The summed E-state index contributed by atoms with van der Waals surface area (Å²) in [6, 6.07) is 8.25. The van der Waals surface area contributed by atoms with Crippen molar-refractivity contribution in [2.45, 2.75) is 18.9 Å². The minimum atomic E-state index is -0.493. The van der Waals surface area contributed by atoms with Crippen LogP contribution in [0.5, 0.6) is 0 Å². The van der Waals surface area contributed by atoms with Gasteiger partial charge in [-0.1, -0.05) is 23.5 Å². The molecule has 22 heavy (non-hydrogen) atoms. The quantitative estimate of drug-likeness (QED) is 0.780. The van der Waals surface area contributed by atoms with Gasteiger partial charge >= 0.3 is 0 Å². The van der Waals surface area contributed by atoms with E-state index in [1.54, 1.807) is 23.7 Å². The lowest BCUT2D eigenvalue weighted by Crippen LogP contribution is -2.35. The molecule has 0 amide bonds. The van der Waals surface area contributed by atoms with Crippen molar-refractivity contribution in [2.24, 2.45) is 5.92 Å². The number of aliphatic hydroxyl groups excluding tert-OH is 1. The van der Waals surface area contributed by atoms with Crippen LogP contribution in [0.1, 0.15) is 24.8 Å². The molecule has 1 aliphatic heterocycles. The van der Waals surface area contributed by atoms with Gasteiger partial charge in [-0.2, -0.15) is 0 Å². The number of H-pyrrole nitrogens is 1. The molecule has 0 aliphatic carbocycles. The van der Waals surface area contributed by atoms with Crippen LogP contribution in [-0.2, 0) is 0 Å². The number of nitrogens with one attached hydrogen (secondary N) is 1. The number of hydrogen-bond acceptors (Lipinski definition) is 5. The Morgan fingerprint density at radius 2 is 2.09 bits per heavy atom. The van der Waals surface area contributed by atoms with Gasteiger partial charge in [0.2, 0.25) is 0 Å². The minimum absolute atomic E-state index is 0.261. The summed E-state index contributed by atoms with van der Waals surface area (Å²) in [5, 5.41) is 11.5. The lowest BCUT2D eigenvalue weighted by Gasteiger charge is -2.33. The van der Waals surface area contributed by atoms with Gasteiger partial charge in [-0.15, -0.1) is 0 Å². The first-order valence-electron chi connectivity index (χ1n) is 7.59. The van der Waals surface area contributed by atoms with Crippen LogP contribution in [-0.4, -0.2) is 33.1 Å². The molecule has 6 heteroatoms. The van der Waals surface area contributed by atoms with Crippen LogP contribution in [0.25, 0.3) is 10.2 Å². The Morgan fingerprint density at radius 1 is 1.27 bits per heavy atom. The third-order valence-electron chi connectivity index (χ3n) is 4.34. The molecule has 3 heterocycles. The van der Waals surface area contributed by atoms with Crippen LogP contribution in [0, 0.1) is 5.92 Å². The Labute approximate surface area is 132 Å². The van der Waals surface area contributed by atoms with Crippen LogP contribution in [0.3, 0.4) is 0 Å². The number of rotatable bonds is 3. The summed E-state index contributed by atoms with van der Waals surface area (Å²) in [4.78, 5) is 14.2. The number of thiazole rings is 1. The average Bonchev–Trinajstić information content (AvgIpc) is 3.23. The zero-order valence-corrected chi connectivity index (χ0v) is 13.0. The fraction of sp³-hybridized carbons (Fsp3) is 0.375. The highest BCUT2D eigenvalue weighted by Crippen LogP contribution is 2.34. The van der Waals surface area contributed by atoms with Crippen LogP contribution in [0.2, 0.25) is 0 Å². The Balaban J connectivity index is 1.45. The number of para-hydroxylation sites is 1. The van der Waals surface area contributed by atoms with Crippen molar-refractivity contribution in [3.05, 3.63) is 42.5 Å². The molecule has 4 rings (SSSR count). The lowest BCUT2D eigenvalue weighted by atomic mass is 9.91. The summed E-state index contributed by atoms with van der Waals surface area (Å²) in [5.41, 5.74) is 1.07. The first-order valence-corrected chi connectivity index (χ1v) is 8.41. The van der Waals surface area contributed by atoms with E-state index in [2.05, 4.69) is 33.1 Å². The Hall–Kier alpha value is -1.92. The van der Waals surface area contributed by atoms with Gasteiger partial charge in [0.15, 0.2) is 5.13 Å². The van der Waals surface area contributed by atoms with Gasteiger partial charge in [0.05, 0.1) is 10.2 Å². The van der Waals surface area contributed by atoms with E-state index in [4.69, 9.17) is 4.98 Å². The number of benzene rings is 1. The minimum Gasteiger partial charge on any atom is -0.385 e. The molecule has 1 unspecified atom stereocenters. The number of nitrogens with zero attached hydrogens (tertiary/aromatic N) is 3. The smallest absolute Gasteiger partial charge is 0.186 e. The fourth-order valence-electron chi connectivity index (χ4n) is 3.06. The van der Waals surface area contributed by atoms with Crippen molar-refractivity contribution >= 4 is 26.7 Å². The molecule has 2 aromatic heterocycles. The predicted molar refractivity (Wildman–Crippen MR) is 88.1 cm³/mol. The standard InChI is InChI=1S/C16H18N4OS/c21-14(15-17-7-8-18-15)11-5-9-20(10-6-11)16-19-12-3-1-2-4-13(12)22-16/h1-4,7-8,11,14,21H,5-6,9-10H2,(H,17,18). The van der Waals surface area contributed by atoms with Gasteiger partial charge in [0, 0.05) is 25.5 Å². The molecule has 3 aromatic rings. The maximum Gasteiger partial charge on any atom is 0.186 e. The van der Waals surface area contributed by atoms with Crippen molar-refractivity contribution in [1.29, 1.82) is 0 Å². The molecular formula is C16H18N4OS. The van der Waals surface area contributed by atoms with Gasteiger partial charge in [-0.3, -0.25) is 0 Å². The van der Waals surface area contributed by atoms with E-state index in [1.807, 2.05) is 6.07 Å². The van der Waals surface area contributed by atoms with Gasteiger partial charge in [0.1, 0.15) is 11.9 Å². The fourth-order valence-corrected chi connectivity index (χ4v) is 4.08. The summed E-state index contributed by atoms with van der Waals surface area (Å²) in [6.07, 6.45) is 4.87. The van der Waals surface area contributed by atoms with Crippen molar-refractivity contribution in [1.82, 2.24) is 15.0 Å². The molecule has 1 aliphatic rings. The predicted octanol–water partition coefficient (Wildman–Crippen LogP) is 2.97. The second kappa shape index (κ2) is 5.70. The highest BCUT2D eigenvalue weighted by atomic mass is 32.1. The summed E-state index contributed by atoms with van der Waals surface area (Å²) < 4.78 is 1.23. The number of imidazole rings is 1. The van der Waals surface area contributed by atoms with E-state index >= 15 is 0 Å². The second-order valence-electron chi connectivity index (χ2n) is 5.71. The number of piperidine rings is 1. The third-order valence-corrected chi connectivity index (χ3v) is 5.44. The molecule has 5 nitrogen and oxygen atoms in total. The highest BCUT2D eigenvalue weighted by molar-refractivity contribution is 7.22. The zero-order chi connectivity index (χ0) is 14.9. The number of hydrogen-bond donors (Lipinski definition) is 2. The zero-order valence-electron chi connectivity index (χ0n) is 12.1. The van der Waals surface area contributed by atoms with Crippen LogP contribution in [0.4, 0.5) is 5.13 Å². The molecule has 0 spiro atoms. The number of fused-ring (bicyclic) bond motifs is 1. The molecule has 1 atom stereocenters. The molecule has 1 aromatic carbocycles. The van der Waals surface area contributed by atoms with E-state index in [0.29, 0.717) is 5.82 Å². The highest BCUT2D eigenvalue weighted by Gasteiger charge is 2.28. The molecule has 0 saturated carbocycles. The van der Waals surface area contributed by atoms with Gasteiger partial charge in [-0.25, -0.2) is 9.97 Å². The van der Waals surface area contributed by atoms with Gasteiger partial charge in [0.25, 0.3) is 0 Å². The number of aliphatic hydroxyl groups is 1. The largest absolute Gasteiger partial charge is 0.385 e. The monoisotopic (exact) mass is 314 g/mol. The SMILES string of the molecule is OC(c1ncc[nH]1)C1CCN(c2nc3ccccc3s2)CC1. The number of aromatic nitrogens is 3. The van der Waals surface area contributed by atoms with Gasteiger partial charge < -0.3 is 15.0 Å². The van der Waals surface area contributed by atoms with Crippen molar-refractivity contribution in [3.8, 4) is 0 Å². The summed E-state index contributed by atoms with van der Waals surface area (Å²) in [5.74, 6) is 0.940. The number of anilines is 1. The summed E-state index contributed by atoms with van der Waals surface area (Å²) in [6.45, 7) is 1.87. The Bertz CT molecular complexity index is 713. The molecule has 114 valence electrons.